The van der Waals surface area contributed by atoms with Crippen molar-refractivity contribution < 1.29 is 85.6 Å². The first-order valence-electron chi connectivity index (χ1n) is 23.6. The number of carbonyl (C=O) groups excluding carboxylic acids is 3. The zero-order valence-corrected chi connectivity index (χ0v) is 44.9. The van der Waals surface area contributed by atoms with Gasteiger partial charge < -0.3 is 56.0 Å². The summed E-state index contributed by atoms with van der Waals surface area (Å²) in [6, 6.07) is 0. The number of phosphoric ester groups is 3. The van der Waals surface area contributed by atoms with Gasteiger partial charge in [0.2, 0.25) is 11.8 Å². The number of fused-ring (bicyclic) bond motifs is 1. The van der Waals surface area contributed by atoms with Crippen LogP contribution in [0.25, 0.3) is 11.2 Å². The molecule has 11 N–H and O–H groups in total. The predicted molar refractivity (Wildman–Crippen MR) is 275 cm³/mol. The Morgan fingerprint density at radius 2 is 1.43 bits per heavy atom. The van der Waals surface area contributed by atoms with Gasteiger partial charge in [-0.1, -0.05) is 105 Å². The second-order valence-electron chi connectivity index (χ2n) is 17.1. The topological polar surface area (TPSA) is 384 Å². The molecule has 3 rings (SSSR count). The van der Waals surface area contributed by atoms with E-state index in [2.05, 4.69) is 102 Å². The molecule has 1 aliphatic rings. The van der Waals surface area contributed by atoms with Crippen LogP contribution in [0.4, 0.5) is 5.82 Å². The number of allylic oxidation sites excluding steroid dienone is 12. The lowest BCUT2D eigenvalue weighted by molar-refractivity contribution is -0.137. The number of aliphatic hydroxyl groups excluding tert-OH is 3. The average molecular weight is 1120 g/mol. The normalized spacial score (nSPS) is 20.4. The highest BCUT2D eigenvalue weighted by atomic mass is 32.2. The molecule has 2 aromatic rings. The molecule has 0 radical (unpaired) electrons. The molecule has 1 saturated heterocycles. The Bertz CT molecular complexity index is 2430. The summed E-state index contributed by atoms with van der Waals surface area (Å²) >= 11 is 0.964. The standard InChI is InChI=1S/C45H70N7O18P3S/c1-4-5-6-7-8-9-10-11-12-13-14-15-16-17-18-19-20-21-22-23-33(53)28-36(55)74-27-26-47-35(54)24-25-48-43(58)40(57)45(2,3)30-67-73(64,65)70-72(62,63)66-29-34-39(69-71(59,60)61)38(56)44(68-34)52-32-51-37-41(46)49-31-50-42(37)52/h5-6,8-9,11-12,14-15,17-18,20-21,31-34,38-40,44,53,56-57H,4,7,10,13,16,19,22-30H2,1-3H3,(H,47,54)(H,48,58)(H,62,63)(H,64,65)(H2,46,49,50)(H2,59,60,61)/b6-5-,9-8-,12-11-,15-14-,18-17-,21-20-/t33-,34-,38-,39-,40+,44-/m1/s1. The Hall–Kier alpha value is -4.04. The summed E-state index contributed by atoms with van der Waals surface area (Å²) in [4.78, 5) is 88.5. The first kappa shape index (κ1) is 64.2. The second kappa shape index (κ2) is 32.5. The van der Waals surface area contributed by atoms with E-state index in [-0.39, 0.29) is 53.8 Å². The third-order valence-electron chi connectivity index (χ3n) is 10.4. The van der Waals surface area contributed by atoms with Gasteiger partial charge in [0.1, 0.15) is 36.3 Å². The molecule has 2 aromatic heterocycles. The van der Waals surface area contributed by atoms with Gasteiger partial charge in [-0.2, -0.15) is 4.31 Å². The number of thioether (sulfide) groups is 1. The summed E-state index contributed by atoms with van der Waals surface area (Å²) in [7, 11) is -16.5. The number of ether oxygens (including phenoxy) is 1. The molecule has 1 aliphatic heterocycles. The lowest BCUT2D eigenvalue weighted by Crippen LogP contribution is -2.46. The quantitative estimate of drug-likeness (QED) is 0.0249. The van der Waals surface area contributed by atoms with Gasteiger partial charge in [0.15, 0.2) is 22.8 Å². The monoisotopic (exact) mass is 1120 g/mol. The van der Waals surface area contributed by atoms with Gasteiger partial charge >= 0.3 is 23.5 Å². The van der Waals surface area contributed by atoms with Gasteiger partial charge in [0.25, 0.3) is 0 Å². The number of nitrogen functional groups attached to an aromatic ring is 1. The van der Waals surface area contributed by atoms with E-state index in [1.54, 1.807) is 0 Å². The molecular weight excluding hydrogens is 1050 g/mol. The van der Waals surface area contributed by atoms with Gasteiger partial charge in [-0.15, -0.1) is 0 Å². The summed E-state index contributed by atoms with van der Waals surface area (Å²) < 4.78 is 62.5. The summed E-state index contributed by atoms with van der Waals surface area (Å²) in [6.07, 6.45) is 24.0. The van der Waals surface area contributed by atoms with Crippen LogP contribution in [0.15, 0.2) is 85.6 Å². The second-order valence-corrected chi connectivity index (χ2v) is 22.5. The zero-order chi connectivity index (χ0) is 54.8. The van der Waals surface area contributed by atoms with E-state index < -0.39 is 90.7 Å². The molecule has 8 atom stereocenters. The average Bonchev–Trinajstić information content (AvgIpc) is 3.89. The smallest absolute Gasteiger partial charge is 0.393 e. The third-order valence-corrected chi connectivity index (χ3v) is 14.4. The number of hydrogen-bond acceptors (Lipinski definition) is 19. The Labute approximate surface area is 433 Å². The van der Waals surface area contributed by atoms with Crippen LogP contribution in [0.5, 0.6) is 0 Å². The van der Waals surface area contributed by atoms with Crippen molar-refractivity contribution in [3.63, 3.8) is 0 Å². The van der Waals surface area contributed by atoms with Crippen molar-refractivity contribution in [1.29, 1.82) is 0 Å². The van der Waals surface area contributed by atoms with Crippen LogP contribution < -0.4 is 16.4 Å². The fourth-order valence-corrected chi connectivity index (χ4v) is 10.1. The molecule has 0 aliphatic carbocycles. The lowest BCUT2D eigenvalue weighted by Gasteiger charge is -2.30. The summed E-state index contributed by atoms with van der Waals surface area (Å²) in [5.41, 5.74) is 4.24. The summed E-state index contributed by atoms with van der Waals surface area (Å²) in [6.45, 7) is 2.45. The predicted octanol–water partition coefficient (Wildman–Crippen LogP) is 4.89. The Kier molecular flexibility index (Phi) is 28.2. The number of phosphoric acid groups is 3. The fraction of sp³-hybridized carbons (Fsp3) is 0.556. The molecule has 29 heteroatoms. The van der Waals surface area contributed by atoms with Crippen LogP contribution in [-0.2, 0) is 50.7 Å². The van der Waals surface area contributed by atoms with Crippen molar-refractivity contribution in [2.75, 3.05) is 37.8 Å². The van der Waals surface area contributed by atoms with Crippen LogP contribution in [0.2, 0.25) is 0 Å². The maximum absolute atomic E-state index is 12.8. The molecule has 74 heavy (non-hydrogen) atoms. The van der Waals surface area contributed by atoms with Gasteiger partial charge in [0.05, 0.1) is 25.6 Å². The number of imidazole rings is 1. The Morgan fingerprint density at radius 1 is 0.851 bits per heavy atom. The SMILES string of the molecule is CC/C=C\C/C=C\C/C=C\C/C=C\C/C=C\C/C=C\CC[C@@H](O)CC(=O)SCCNC(=O)CCNC(=O)[C@H](O)C(C)(C)COP(=O)(O)OP(=O)(O)OC[C@H]1O[C@@H](n2cnc3c(N)ncnc32)[C@H](O)[C@@H]1OP(=O)(O)O. The minimum atomic E-state index is -5.60. The van der Waals surface area contributed by atoms with E-state index in [1.807, 2.05) is 12.2 Å². The number of amides is 2. The Balaban J connectivity index is 1.28. The number of nitrogens with one attached hydrogen (secondary N) is 2. The summed E-state index contributed by atoms with van der Waals surface area (Å²) in [5, 5.41) is 36.6. The van der Waals surface area contributed by atoms with E-state index >= 15 is 0 Å². The molecule has 414 valence electrons. The number of anilines is 1. The first-order valence-corrected chi connectivity index (χ1v) is 29.1. The number of aromatic nitrogens is 4. The molecule has 0 bridgehead atoms. The lowest BCUT2D eigenvalue weighted by atomic mass is 9.87. The highest BCUT2D eigenvalue weighted by Gasteiger charge is 2.50. The minimum Gasteiger partial charge on any atom is -0.393 e. The number of rotatable bonds is 35. The third kappa shape index (κ3) is 24.7. The van der Waals surface area contributed by atoms with E-state index in [4.69, 9.17) is 19.5 Å². The highest BCUT2D eigenvalue weighted by molar-refractivity contribution is 8.13. The van der Waals surface area contributed by atoms with Gasteiger partial charge in [-0.3, -0.25) is 32.5 Å². The van der Waals surface area contributed by atoms with Gasteiger partial charge in [-0.25, -0.2) is 28.6 Å². The molecular formula is C45H70N7O18P3S. The largest absolute Gasteiger partial charge is 0.481 e. The fourth-order valence-electron chi connectivity index (χ4n) is 6.58. The molecule has 2 amide bonds. The molecule has 2 unspecified atom stereocenters. The number of nitrogens with two attached hydrogens (primary N) is 1. The van der Waals surface area contributed by atoms with Crippen molar-refractivity contribution >= 4 is 69.1 Å². The van der Waals surface area contributed by atoms with Gasteiger partial charge in [-0.05, 0) is 51.4 Å². The van der Waals surface area contributed by atoms with E-state index in [0.717, 1.165) is 67.5 Å². The maximum Gasteiger partial charge on any atom is 0.481 e. The number of hydrogen-bond donors (Lipinski definition) is 10. The van der Waals surface area contributed by atoms with Crippen molar-refractivity contribution in [2.45, 2.75) is 122 Å². The number of carbonyl (C=O) groups is 3. The Morgan fingerprint density at radius 3 is 2.03 bits per heavy atom. The van der Waals surface area contributed by atoms with E-state index in [1.165, 1.54) is 13.8 Å². The molecule has 0 spiro atoms. The van der Waals surface area contributed by atoms with Crippen LogP contribution in [0.3, 0.4) is 0 Å². The highest BCUT2D eigenvalue weighted by Crippen LogP contribution is 2.61. The molecule has 0 saturated carbocycles. The molecule has 0 aromatic carbocycles. The van der Waals surface area contributed by atoms with Crippen LogP contribution in [0.1, 0.15) is 91.2 Å². The number of nitrogens with zero attached hydrogens (tertiary/aromatic N) is 4. The first-order chi connectivity index (χ1) is 34.9. The van der Waals surface area contributed by atoms with Crippen molar-refractivity contribution in [1.82, 2.24) is 30.2 Å². The van der Waals surface area contributed by atoms with E-state index in [9.17, 15) is 63.0 Å². The van der Waals surface area contributed by atoms with E-state index in [0.29, 0.717) is 12.8 Å². The maximum atomic E-state index is 12.8. The molecule has 25 nitrogen and oxygen atoms in total. The van der Waals surface area contributed by atoms with Crippen molar-refractivity contribution in [3.8, 4) is 0 Å². The van der Waals surface area contributed by atoms with Crippen molar-refractivity contribution in [3.05, 3.63) is 85.6 Å². The zero-order valence-electron chi connectivity index (χ0n) is 41.4. The molecule has 1 fully saturated rings. The van der Waals surface area contributed by atoms with Crippen LogP contribution in [0, 0.1) is 5.41 Å². The van der Waals surface area contributed by atoms with Crippen LogP contribution >= 0.6 is 35.2 Å². The molecule has 3 heterocycles. The van der Waals surface area contributed by atoms with Gasteiger partial charge in [0, 0.05) is 37.1 Å². The van der Waals surface area contributed by atoms with Crippen LogP contribution in [-0.4, -0.2) is 134 Å². The minimum absolute atomic E-state index is 0.0242. The number of aliphatic hydroxyl groups is 3. The van der Waals surface area contributed by atoms with Crippen molar-refractivity contribution in [2.24, 2.45) is 5.41 Å². The summed E-state index contributed by atoms with van der Waals surface area (Å²) in [5.74, 6) is -1.28.